The van der Waals surface area contributed by atoms with E-state index in [1.807, 2.05) is 0 Å². The number of hydrogen-bond acceptors (Lipinski definition) is 5. The minimum atomic E-state index is -0.394. The summed E-state index contributed by atoms with van der Waals surface area (Å²) in [7, 11) is 0. The number of hydrogen-bond donors (Lipinski definition) is 0. The maximum atomic E-state index is 12.0. The molecule has 6 heteroatoms. The highest BCUT2D eigenvalue weighted by atomic mass is 16.8. The standard InChI is InChI=1S/C13H11N3O3/c1-3-14-19-16-8(2)15-11-12(17)9-6-4-5-7-10(9)13(11)18/h3-7H,1-2H3. The third kappa shape index (κ3) is 2.47. The first-order valence-corrected chi connectivity index (χ1v) is 5.61. The molecule has 0 aliphatic heterocycles. The maximum absolute atomic E-state index is 12.0. The SMILES string of the molecule is CC=NON=C(C)N=c1c(=O)c2ccccc2c1=O. The molecule has 19 heavy (non-hydrogen) atoms. The van der Waals surface area contributed by atoms with Crippen LogP contribution in [-0.2, 0) is 4.94 Å². The zero-order valence-corrected chi connectivity index (χ0v) is 10.5. The van der Waals surface area contributed by atoms with E-state index in [1.165, 1.54) is 13.1 Å². The molecule has 2 aromatic carbocycles. The zero-order chi connectivity index (χ0) is 13.8. The van der Waals surface area contributed by atoms with Crippen molar-refractivity contribution in [3.63, 3.8) is 0 Å². The highest BCUT2D eigenvalue weighted by Crippen LogP contribution is 2.01. The monoisotopic (exact) mass is 257 g/mol. The number of rotatable bonds is 2. The van der Waals surface area contributed by atoms with Gasteiger partial charge in [-0.3, -0.25) is 9.59 Å². The number of amidine groups is 1. The Morgan fingerprint density at radius 3 is 2.26 bits per heavy atom. The van der Waals surface area contributed by atoms with Crippen molar-refractivity contribution in [2.24, 2.45) is 15.3 Å². The van der Waals surface area contributed by atoms with E-state index in [9.17, 15) is 9.59 Å². The second-order valence-electron chi connectivity index (χ2n) is 3.75. The number of nitrogens with zero attached hydrogens (tertiary/aromatic N) is 3. The van der Waals surface area contributed by atoms with Crippen molar-refractivity contribution < 1.29 is 4.94 Å². The molecule has 0 radical (unpaired) electrons. The van der Waals surface area contributed by atoms with E-state index >= 15 is 0 Å². The van der Waals surface area contributed by atoms with Gasteiger partial charge < -0.3 is 0 Å². The molecule has 0 heterocycles. The van der Waals surface area contributed by atoms with Crippen molar-refractivity contribution >= 4 is 22.8 Å². The Balaban J connectivity index is 2.60. The van der Waals surface area contributed by atoms with Gasteiger partial charge in [0, 0.05) is 17.0 Å². The Labute approximate surface area is 108 Å². The summed E-state index contributed by atoms with van der Waals surface area (Å²) in [5.41, 5.74) is -0.789. The highest BCUT2D eigenvalue weighted by Gasteiger charge is 2.09. The molecule has 96 valence electrons. The highest BCUT2D eigenvalue weighted by molar-refractivity contribution is 5.85. The third-order valence-corrected chi connectivity index (χ3v) is 2.45. The van der Waals surface area contributed by atoms with E-state index in [2.05, 4.69) is 20.2 Å². The topological polar surface area (TPSA) is 80.5 Å². The maximum Gasteiger partial charge on any atom is 0.216 e. The van der Waals surface area contributed by atoms with Gasteiger partial charge >= 0.3 is 0 Å². The molecule has 6 nitrogen and oxygen atoms in total. The molecule has 2 aromatic rings. The average Bonchev–Trinajstić information content (AvgIpc) is 2.65. The quantitative estimate of drug-likeness (QED) is 0.451. The summed E-state index contributed by atoms with van der Waals surface area (Å²) < 4.78 is 0. The summed E-state index contributed by atoms with van der Waals surface area (Å²) in [6, 6.07) is 6.60. The van der Waals surface area contributed by atoms with Crippen molar-refractivity contribution in [3.8, 4) is 0 Å². The van der Waals surface area contributed by atoms with Crippen LogP contribution in [0.3, 0.4) is 0 Å². The molecule has 0 aromatic heterocycles. The molecule has 0 bridgehead atoms. The molecular formula is C13H11N3O3. The van der Waals surface area contributed by atoms with Gasteiger partial charge in [0.25, 0.3) is 0 Å². The number of oxime groups is 2. The Hall–Kier alpha value is -2.63. The van der Waals surface area contributed by atoms with Gasteiger partial charge in [0.2, 0.25) is 10.9 Å². The first-order chi connectivity index (χ1) is 9.15. The normalized spacial score (nSPS) is 12.2. The van der Waals surface area contributed by atoms with Gasteiger partial charge in [-0.25, -0.2) is 9.93 Å². The van der Waals surface area contributed by atoms with Crippen molar-refractivity contribution in [2.45, 2.75) is 13.8 Å². The molecular weight excluding hydrogens is 246 g/mol. The zero-order valence-electron chi connectivity index (χ0n) is 10.5. The predicted molar refractivity (Wildman–Crippen MR) is 72.8 cm³/mol. The van der Waals surface area contributed by atoms with Crippen LogP contribution in [0.15, 0.2) is 49.2 Å². The van der Waals surface area contributed by atoms with Crippen LogP contribution in [0, 0.1) is 0 Å². The summed E-state index contributed by atoms with van der Waals surface area (Å²) in [6.45, 7) is 3.18. The summed E-state index contributed by atoms with van der Waals surface area (Å²) in [4.78, 5) is 32.4. The van der Waals surface area contributed by atoms with Gasteiger partial charge in [0.15, 0.2) is 11.2 Å². The van der Waals surface area contributed by atoms with Crippen LogP contribution in [-0.4, -0.2) is 12.1 Å². The van der Waals surface area contributed by atoms with E-state index in [4.69, 9.17) is 0 Å². The van der Waals surface area contributed by atoms with E-state index in [0.29, 0.717) is 10.8 Å². The summed E-state index contributed by atoms with van der Waals surface area (Å²) in [5.74, 6) is 0.148. The van der Waals surface area contributed by atoms with Crippen molar-refractivity contribution in [3.05, 3.63) is 50.1 Å². The van der Waals surface area contributed by atoms with Gasteiger partial charge in [-0.15, -0.1) is 0 Å². The van der Waals surface area contributed by atoms with Gasteiger partial charge in [-0.2, -0.15) is 0 Å². The van der Waals surface area contributed by atoms with Gasteiger partial charge in [0.1, 0.15) is 0 Å². The third-order valence-electron chi connectivity index (χ3n) is 2.45. The summed E-state index contributed by atoms with van der Waals surface area (Å²) >= 11 is 0. The van der Waals surface area contributed by atoms with Gasteiger partial charge in [-0.05, 0) is 19.0 Å². The molecule has 0 spiro atoms. The van der Waals surface area contributed by atoms with Crippen LogP contribution in [0.2, 0.25) is 0 Å². The van der Waals surface area contributed by atoms with Crippen LogP contribution in [0.1, 0.15) is 13.8 Å². The largest absolute Gasteiger partial charge is 0.287 e. The van der Waals surface area contributed by atoms with Gasteiger partial charge in [-0.1, -0.05) is 29.4 Å². The van der Waals surface area contributed by atoms with Crippen molar-refractivity contribution in [1.82, 2.24) is 0 Å². The molecule has 0 saturated heterocycles. The number of benzene rings is 1. The molecule has 0 unspecified atom stereocenters. The molecule has 0 saturated carbocycles. The lowest BCUT2D eigenvalue weighted by molar-refractivity contribution is 0.156. The Morgan fingerprint density at radius 1 is 1.16 bits per heavy atom. The lowest BCUT2D eigenvalue weighted by atomic mass is 10.2. The fourth-order valence-corrected chi connectivity index (χ4v) is 1.65. The van der Waals surface area contributed by atoms with E-state index in [1.54, 1.807) is 31.2 Å². The Morgan fingerprint density at radius 2 is 1.74 bits per heavy atom. The summed E-state index contributed by atoms with van der Waals surface area (Å²) in [5, 5.41) is 7.54. The molecule has 2 rings (SSSR count). The molecule has 0 amide bonds. The minimum Gasteiger partial charge on any atom is -0.287 e. The van der Waals surface area contributed by atoms with E-state index in [0.717, 1.165) is 0 Å². The van der Waals surface area contributed by atoms with Crippen LogP contribution >= 0.6 is 0 Å². The predicted octanol–water partition coefficient (Wildman–Crippen LogP) is 0.692. The fraction of sp³-hybridized carbons (Fsp3) is 0.154. The van der Waals surface area contributed by atoms with Gasteiger partial charge in [0.05, 0.1) is 0 Å². The fourth-order valence-electron chi connectivity index (χ4n) is 1.65. The van der Waals surface area contributed by atoms with Crippen LogP contribution in [0.4, 0.5) is 0 Å². The van der Waals surface area contributed by atoms with Crippen molar-refractivity contribution in [2.75, 3.05) is 0 Å². The molecule has 0 atom stereocenters. The Kier molecular flexibility index (Phi) is 3.61. The van der Waals surface area contributed by atoms with Crippen LogP contribution in [0.25, 0.3) is 10.8 Å². The van der Waals surface area contributed by atoms with Crippen LogP contribution < -0.4 is 16.2 Å². The molecule has 0 aliphatic carbocycles. The lowest BCUT2D eigenvalue weighted by Gasteiger charge is -1.87. The second-order valence-corrected chi connectivity index (χ2v) is 3.75. The Bertz CT molecular complexity index is 762. The average molecular weight is 257 g/mol. The van der Waals surface area contributed by atoms with Crippen LogP contribution in [0.5, 0.6) is 0 Å². The lowest BCUT2D eigenvalue weighted by Crippen LogP contribution is -2.32. The first kappa shape index (κ1) is 12.8. The summed E-state index contributed by atoms with van der Waals surface area (Å²) in [6.07, 6.45) is 1.41. The second kappa shape index (κ2) is 5.34. The van der Waals surface area contributed by atoms with E-state index < -0.39 is 10.9 Å². The molecule has 0 N–H and O–H groups in total. The first-order valence-electron chi connectivity index (χ1n) is 5.61. The smallest absolute Gasteiger partial charge is 0.216 e. The number of fused-ring (bicyclic) bond motifs is 1. The van der Waals surface area contributed by atoms with E-state index in [-0.39, 0.29) is 11.2 Å². The molecule has 0 fully saturated rings. The minimum absolute atomic E-state index is 0.147. The molecule has 0 aliphatic rings. The van der Waals surface area contributed by atoms with Crippen molar-refractivity contribution in [1.29, 1.82) is 0 Å².